The van der Waals surface area contributed by atoms with Gasteiger partial charge in [0.15, 0.2) is 0 Å². The Bertz CT molecular complexity index is 437. The van der Waals surface area contributed by atoms with Crippen LogP contribution in [0.3, 0.4) is 0 Å². The molecule has 0 heterocycles. The minimum atomic E-state index is -0.424. The highest BCUT2D eigenvalue weighted by Gasteiger charge is 2.18. The zero-order chi connectivity index (χ0) is 13.5. The smallest absolute Gasteiger partial charge is 0.229 e. The molecular weight excluding hydrogens is 251 g/mol. The Morgan fingerprint density at radius 1 is 1.56 bits per heavy atom. The van der Waals surface area contributed by atoms with Crippen LogP contribution in [0, 0.1) is 11.7 Å². The number of rotatable bonds is 6. The Balaban J connectivity index is 2.42. The maximum atomic E-state index is 12.9. The number of benzene rings is 1. The molecule has 0 spiro atoms. The summed E-state index contributed by atoms with van der Waals surface area (Å²) < 4.78 is 12.9. The average Bonchev–Trinajstić information content (AvgIpc) is 2.29. The highest BCUT2D eigenvalue weighted by Crippen LogP contribution is 2.05. The van der Waals surface area contributed by atoms with Gasteiger partial charge in [0, 0.05) is 6.54 Å². The first kappa shape index (κ1) is 14.6. The van der Waals surface area contributed by atoms with Crippen LogP contribution < -0.4 is 11.1 Å². The second kappa shape index (κ2) is 7.06. The molecule has 0 saturated heterocycles. The third kappa shape index (κ3) is 4.41. The molecule has 0 aliphatic carbocycles. The number of carbonyl (C=O) groups is 1. The van der Waals surface area contributed by atoms with Crippen molar-refractivity contribution in [3.8, 4) is 0 Å². The summed E-state index contributed by atoms with van der Waals surface area (Å²) in [7, 11) is 0. The minimum absolute atomic E-state index is 0.165. The van der Waals surface area contributed by atoms with Crippen LogP contribution in [0.25, 0.3) is 0 Å². The second-order valence-corrected chi connectivity index (χ2v) is 4.51. The van der Waals surface area contributed by atoms with Crippen LogP contribution >= 0.6 is 12.2 Å². The third-order valence-corrected chi connectivity index (χ3v) is 2.95. The monoisotopic (exact) mass is 268 g/mol. The van der Waals surface area contributed by atoms with Crippen molar-refractivity contribution in [3.63, 3.8) is 0 Å². The highest BCUT2D eigenvalue weighted by atomic mass is 32.1. The number of amides is 1. The van der Waals surface area contributed by atoms with Crippen molar-refractivity contribution in [1.29, 1.82) is 0 Å². The van der Waals surface area contributed by atoms with E-state index in [2.05, 4.69) is 5.32 Å². The predicted octanol–water partition coefficient (Wildman–Crippen LogP) is 1.80. The van der Waals surface area contributed by atoms with Crippen LogP contribution in [0.1, 0.15) is 18.9 Å². The zero-order valence-electron chi connectivity index (χ0n) is 10.3. The molecule has 3 N–H and O–H groups in total. The number of nitrogens with one attached hydrogen (secondary N) is 1. The third-order valence-electron chi connectivity index (χ3n) is 2.67. The summed E-state index contributed by atoms with van der Waals surface area (Å²) in [6, 6.07) is 6.32. The maximum Gasteiger partial charge on any atom is 0.229 e. The van der Waals surface area contributed by atoms with E-state index in [4.69, 9.17) is 18.0 Å². The number of hydrogen-bond acceptors (Lipinski definition) is 2. The van der Waals surface area contributed by atoms with Gasteiger partial charge in [-0.3, -0.25) is 4.79 Å². The molecule has 18 heavy (non-hydrogen) atoms. The molecule has 0 aliphatic heterocycles. The van der Waals surface area contributed by atoms with Crippen molar-refractivity contribution in [1.82, 2.24) is 5.32 Å². The van der Waals surface area contributed by atoms with Crippen molar-refractivity contribution in [2.24, 2.45) is 11.7 Å². The molecule has 1 amide bonds. The Hall–Kier alpha value is -1.49. The van der Waals surface area contributed by atoms with E-state index in [1.54, 1.807) is 6.07 Å². The molecule has 0 aromatic heterocycles. The molecule has 0 radical (unpaired) electrons. The van der Waals surface area contributed by atoms with Crippen LogP contribution in [0.2, 0.25) is 0 Å². The summed E-state index contributed by atoms with van der Waals surface area (Å²) >= 11 is 4.82. The van der Waals surface area contributed by atoms with E-state index in [-0.39, 0.29) is 16.7 Å². The van der Waals surface area contributed by atoms with E-state index in [1.807, 2.05) is 13.0 Å². The first-order valence-electron chi connectivity index (χ1n) is 5.86. The van der Waals surface area contributed by atoms with Crippen molar-refractivity contribution in [3.05, 3.63) is 35.6 Å². The SMILES string of the molecule is CCC(C(=O)NCCc1cccc(F)c1)C(N)=S. The molecule has 1 aromatic carbocycles. The fourth-order valence-electron chi connectivity index (χ4n) is 1.66. The zero-order valence-corrected chi connectivity index (χ0v) is 11.1. The van der Waals surface area contributed by atoms with Crippen molar-refractivity contribution in [2.45, 2.75) is 19.8 Å². The summed E-state index contributed by atoms with van der Waals surface area (Å²) in [5, 5.41) is 2.75. The van der Waals surface area contributed by atoms with Gasteiger partial charge >= 0.3 is 0 Å². The van der Waals surface area contributed by atoms with E-state index < -0.39 is 5.92 Å². The molecule has 3 nitrogen and oxygen atoms in total. The van der Waals surface area contributed by atoms with Gasteiger partial charge in [-0.05, 0) is 30.5 Å². The molecule has 0 aliphatic rings. The quantitative estimate of drug-likeness (QED) is 0.774. The summed E-state index contributed by atoms with van der Waals surface area (Å²) in [6.07, 6.45) is 1.17. The molecule has 1 unspecified atom stereocenters. The number of thiocarbonyl (C=S) groups is 1. The highest BCUT2D eigenvalue weighted by molar-refractivity contribution is 7.80. The van der Waals surface area contributed by atoms with Gasteiger partial charge in [-0.15, -0.1) is 0 Å². The molecule has 1 rings (SSSR count). The lowest BCUT2D eigenvalue weighted by atomic mass is 10.1. The van der Waals surface area contributed by atoms with Crippen molar-refractivity contribution >= 4 is 23.1 Å². The van der Waals surface area contributed by atoms with Crippen LogP contribution in [0.4, 0.5) is 4.39 Å². The largest absolute Gasteiger partial charge is 0.393 e. The molecule has 98 valence electrons. The summed E-state index contributed by atoms with van der Waals surface area (Å²) in [5.74, 6) is -0.859. The van der Waals surface area contributed by atoms with E-state index >= 15 is 0 Å². The van der Waals surface area contributed by atoms with Gasteiger partial charge in [0.1, 0.15) is 5.82 Å². The van der Waals surface area contributed by atoms with Crippen LogP contribution in [-0.2, 0) is 11.2 Å². The second-order valence-electron chi connectivity index (χ2n) is 4.03. The first-order chi connectivity index (χ1) is 8.54. The number of hydrogen-bond donors (Lipinski definition) is 2. The number of carbonyl (C=O) groups excluding carboxylic acids is 1. The van der Waals surface area contributed by atoms with Gasteiger partial charge in [0.2, 0.25) is 5.91 Å². The van der Waals surface area contributed by atoms with Crippen molar-refractivity contribution < 1.29 is 9.18 Å². The van der Waals surface area contributed by atoms with E-state index in [0.717, 1.165) is 5.56 Å². The lowest BCUT2D eigenvalue weighted by Crippen LogP contribution is -2.38. The van der Waals surface area contributed by atoms with Crippen LogP contribution in [0.5, 0.6) is 0 Å². The van der Waals surface area contributed by atoms with Crippen LogP contribution in [0.15, 0.2) is 24.3 Å². The van der Waals surface area contributed by atoms with E-state index in [0.29, 0.717) is 19.4 Å². The van der Waals surface area contributed by atoms with Gasteiger partial charge in [-0.25, -0.2) is 4.39 Å². The minimum Gasteiger partial charge on any atom is -0.393 e. The van der Waals surface area contributed by atoms with Gasteiger partial charge in [0.05, 0.1) is 10.9 Å². The van der Waals surface area contributed by atoms with Crippen molar-refractivity contribution in [2.75, 3.05) is 6.54 Å². The van der Waals surface area contributed by atoms with Crippen LogP contribution in [-0.4, -0.2) is 17.4 Å². The summed E-state index contributed by atoms with van der Waals surface area (Å²) in [5.41, 5.74) is 6.32. The van der Waals surface area contributed by atoms with Gasteiger partial charge in [-0.1, -0.05) is 31.3 Å². The normalized spacial score (nSPS) is 11.9. The Morgan fingerprint density at radius 3 is 2.83 bits per heavy atom. The molecule has 1 aromatic rings. The Kier molecular flexibility index (Phi) is 5.71. The molecular formula is C13H17FN2OS. The molecule has 5 heteroatoms. The fraction of sp³-hybridized carbons (Fsp3) is 0.385. The number of halogens is 1. The van der Waals surface area contributed by atoms with E-state index in [9.17, 15) is 9.18 Å². The van der Waals surface area contributed by atoms with E-state index in [1.165, 1.54) is 12.1 Å². The summed E-state index contributed by atoms with van der Waals surface area (Å²) in [6.45, 7) is 2.30. The molecule has 0 saturated carbocycles. The molecule has 0 bridgehead atoms. The fourth-order valence-corrected chi connectivity index (χ4v) is 1.94. The first-order valence-corrected chi connectivity index (χ1v) is 6.27. The topological polar surface area (TPSA) is 55.1 Å². The Morgan fingerprint density at radius 2 is 2.28 bits per heavy atom. The maximum absolute atomic E-state index is 12.9. The standard InChI is InChI=1S/C13H17FN2OS/c1-2-11(12(15)18)13(17)16-7-6-9-4-3-5-10(14)8-9/h3-5,8,11H,2,6-7H2,1H3,(H2,15,18)(H,16,17). The lowest BCUT2D eigenvalue weighted by Gasteiger charge is -2.13. The lowest BCUT2D eigenvalue weighted by molar-refractivity contribution is -0.123. The average molecular weight is 268 g/mol. The number of nitrogens with two attached hydrogens (primary N) is 1. The van der Waals surface area contributed by atoms with Gasteiger partial charge < -0.3 is 11.1 Å². The molecule has 0 fully saturated rings. The summed E-state index contributed by atoms with van der Waals surface area (Å²) in [4.78, 5) is 11.9. The van der Waals surface area contributed by atoms with Gasteiger partial charge in [0.25, 0.3) is 0 Å². The molecule has 1 atom stereocenters. The van der Waals surface area contributed by atoms with Gasteiger partial charge in [-0.2, -0.15) is 0 Å². The predicted molar refractivity (Wildman–Crippen MR) is 73.7 cm³/mol. The Labute approximate surface area is 112 Å².